The van der Waals surface area contributed by atoms with Crippen LogP contribution in [0, 0.1) is 0 Å². The highest BCUT2D eigenvalue weighted by molar-refractivity contribution is 5.49. The van der Waals surface area contributed by atoms with E-state index in [2.05, 4.69) is 19.1 Å². The molecule has 3 heteroatoms. The summed E-state index contributed by atoms with van der Waals surface area (Å²) in [5.41, 5.74) is 8.12. The lowest BCUT2D eigenvalue weighted by Gasteiger charge is -2.16. The molecule has 1 unspecified atom stereocenters. The zero-order valence-electron chi connectivity index (χ0n) is 9.95. The predicted molar refractivity (Wildman–Crippen MR) is 64.3 cm³/mol. The predicted octanol–water partition coefficient (Wildman–Crippen LogP) is 2.08. The molecule has 0 saturated heterocycles. The van der Waals surface area contributed by atoms with E-state index in [4.69, 9.17) is 15.2 Å². The third kappa shape index (κ3) is 2.00. The molecule has 2 rings (SSSR count). The van der Waals surface area contributed by atoms with E-state index in [0.717, 1.165) is 30.1 Å². The molecule has 1 heterocycles. The quantitative estimate of drug-likeness (QED) is 0.846. The van der Waals surface area contributed by atoms with E-state index in [9.17, 15) is 0 Å². The summed E-state index contributed by atoms with van der Waals surface area (Å²) in [5, 5.41) is 0. The van der Waals surface area contributed by atoms with E-state index in [1.54, 1.807) is 0 Å². The third-order valence-corrected chi connectivity index (χ3v) is 3.01. The van der Waals surface area contributed by atoms with Gasteiger partial charge < -0.3 is 15.2 Å². The number of benzene rings is 1. The molecule has 0 aliphatic carbocycles. The lowest BCUT2D eigenvalue weighted by Crippen LogP contribution is -2.11. The molecule has 0 amide bonds. The van der Waals surface area contributed by atoms with Crippen molar-refractivity contribution in [1.29, 1.82) is 0 Å². The second kappa shape index (κ2) is 4.74. The molecule has 1 aromatic carbocycles. The molecule has 1 atom stereocenters. The Morgan fingerprint density at radius 2 is 2.31 bits per heavy atom. The lowest BCUT2D eigenvalue weighted by molar-refractivity contribution is 0.333. The van der Waals surface area contributed by atoms with Crippen molar-refractivity contribution in [2.45, 2.75) is 26.2 Å². The Kier molecular flexibility index (Phi) is 3.34. The standard InChI is InChI=1S/C13H19NO2/c1-3-15-13-6-10-4-5-16-12(10)7-11(13)9(2)8-14/h6-7,9H,3-5,8,14H2,1-2H3. The van der Waals surface area contributed by atoms with Crippen molar-refractivity contribution in [3.8, 4) is 11.5 Å². The first-order valence-corrected chi connectivity index (χ1v) is 5.88. The molecule has 1 aliphatic rings. The van der Waals surface area contributed by atoms with Gasteiger partial charge in [-0.05, 0) is 31.5 Å². The monoisotopic (exact) mass is 221 g/mol. The van der Waals surface area contributed by atoms with Crippen LogP contribution in [-0.4, -0.2) is 19.8 Å². The van der Waals surface area contributed by atoms with Crippen molar-refractivity contribution in [3.63, 3.8) is 0 Å². The molecule has 0 bridgehead atoms. The van der Waals surface area contributed by atoms with Crippen molar-refractivity contribution in [3.05, 3.63) is 23.3 Å². The third-order valence-electron chi connectivity index (χ3n) is 3.01. The molecule has 0 radical (unpaired) electrons. The maximum atomic E-state index is 5.72. The van der Waals surface area contributed by atoms with E-state index in [1.165, 1.54) is 5.56 Å². The fourth-order valence-corrected chi connectivity index (χ4v) is 2.01. The minimum atomic E-state index is 0.302. The molecule has 1 aromatic rings. The number of nitrogens with two attached hydrogens (primary N) is 1. The maximum Gasteiger partial charge on any atom is 0.123 e. The van der Waals surface area contributed by atoms with Crippen LogP contribution in [0.2, 0.25) is 0 Å². The average molecular weight is 221 g/mol. The normalized spacial score (nSPS) is 15.4. The minimum absolute atomic E-state index is 0.302. The number of hydrogen-bond acceptors (Lipinski definition) is 3. The first kappa shape index (κ1) is 11.3. The summed E-state index contributed by atoms with van der Waals surface area (Å²) in [6, 6.07) is 4.19. The molecule has 3 nitrogen and oxygen atoms in total. The van der Waals surface area contributed by atoms with E-state index < -0.39 is 0 Å². The molecule has 0 aromatic heterocycles. The van der Waals surface area contributed by atoms with Gasteiger partial charge in [-0.2, -0.15) is 0 Å². The Morgan fingerprint density at radius 1 is 1.50 bits per heavy atom. The summed E-state index contributed by atoms with van der Waals surface area (Å²) in [6.07, 6.45) is 0.979. The molecular formula is C13H19NO2. The second-order valence-corrected chi connectivity index (χ2v) is 4.17. The highest BCUT2D eigenvalue weighted by Crippen LogP contribution is 2.36. The van der Waals surface area contributed by atoms with Gasteiger partial charge in [0.2, 0.25) is 0 Å². The van der Waals surface area contributed by atoms with Gasteiger partial charge in [-0.3, -0.25) is 0 Å². The van der Waals surface area contributed by atoms with Crippen LogP contribution in [0.4, 0.5) is 0 Å². The molecule has 0 spiro atoms. The van der Waals surface area contributed by atoms with Crippen LogP contribution in [0.1, 0.15) is 30.9 Å². The number of hydrogen-bond donors (Lipinski definition) is 1. The Bertz CT molecular complexity index is 376. The number of ether oxygens (including phenoxy) is 2. The van der Waals surface area contributed by atoms with Gasteiger partial charge in [0.25, 0.3) is 0 Å². The summed E-state index contributed by atoms with van der Waals surface area (Å²) < 4.78 is 11.2. The minimum Gasteiger partial charge on any atom is -0.494 e. The summed E-state index contributed by atoms with van der Waals surface area (Å²) in [5.74, 6) is 2.26. The largest absolute Gasteiger partial charge is 0.494 e. The van der Waals surface area contributed by atoms with Crippen LogP contribution in [0.3, 0.4) is 0 Å². The first-order valence-electron chi connectivity index (χ1n) is 5.88. The van der Waals surface area contributed by atoms with Crippen molar-refractivity contribution in [2.75, 3.05) is 19.8 Å². The van der Waals surface area contributed by atoms with Crippen molar-refractivity contribution >= 4 is 0 Å². The summed E-state index contributed by atoms with van der Waals surface area (Å²) in [7, 11) is 0. The molecule has 1 aliphatic heterocycles. The molecule has 88 valence electrons. The summed E-state index contributed by atoms with van der Waals surface area (Å²) in [4.78, 5) is 0. The zero-order chi connectivity index (χ0) is 11.5. The lowest BCUT2D eigenvalue weighted by atomic mass is 9.97. The Hall–Kier alpha value is -1.22. The van der Waals surface area contributed by atoms with Gasteiger partial charge >= 0.3 is 0 Å². The van der Waals surface area contributed by atoms with Crippen molar-refractivity contribution < 1.29 is 9.47 Å². The molecule has 0 saturated carbocycles. The number of fused-ring (bicyclic) bond motifs is 1. The van der Waals surface area contributed by atoms with Gasteiger partial charge in [0.1, 0.15) is 11.5 Å². The van der Waals surface area contributed by atoms with E-state index in [0.29, 0.717) is 19.1 Å². The van der Waals surface area contributed by atoms with Crippen LogP contribution in [0.15, 0.2) is 12.1 Å². The first-order chi connectivity index (χ1) is 7.76. The van der Waals surface area contributed by atoms with Crippen LogP contribution >= 0.6 is 0 Å². The SMILES string of the molecule is CCOc1cc2c(cc1C(C)CN)OCC2. The van der Waals surface area contributed by atoms with Gasteiger partial charge in [0, 0.05) is 17.5 Å². The second-order valence-electron chi connectivity index (χ2n) is 4.17. The maximum absolute atomic E-state index is 5.72. The fraction of sp³-hybridized carbons (Fsp3) is 0.538. The summed E-state index contributed by atoms with van der Waals surface area (Å²) >= 11 is 0. The van der Waals surface area contributed by atoms with Crippen LogP contribution in [0.5, 0.6) is 11.5 Å². The number of rotatable bonds is 4. The highest BCUT2D eigenvalue weighted by atomic mass is 16.5. The molecule has 0 fully saturated rings. The topological polar surface area (TPSA) is 44.5 Å². The van der Waals surface area contributed by atoms with Crippen molar-refractivity contribution in [2.24, 2.45) is 5.73 Å². The van der Waals surface area contributed by atoms with Gasteiger partial charge in [-0.15, -0.1) is 0 Å². The average Bonchev–Trinajstić information content (AvgIpc) is 2.74. The van der Waals surface area contributed by atoms with E-state index >= 15 is 0 Å². The Labute approximate surface area is 96.5 Å². The Balaban J connectivity index is 2.40. The smallest absolute Gasteiger partial charge is 0.123 e. The van der Waals surface area contributed by atoms with Gasteiger partial charge in [0.15, 0.2) is 0 Å². The highest BCUT2D eigenvalue weighted by Gasteiger charge is 2.19. The van der Waals surface area contributed by atoms with Crippen LogP contribution in [-0.2, 0) is 6.42 Å². The molecule has 16 heavy (non-hydrogen) atoms. The Morgan fingerprint density at radius 3 is 3.00 bits per heavy atom. The van der Waals surface area contributed by atoms with E-state index in [-0.39, 0.29) is 0 Å². The molecular weight excluding hydrogens is 202 g/mol. The van der Waals surface area contributed by atoms with E-state index in [1.807, 2.05) is 6.92 Å². The van der Waals surface area contributed by atoms with Gasteiger partial charge in [-0.1, -0.05) is 6.92 Å². The van der Waals surface area contributed by atoms with Crippen LogP contribution < -0.4 is 15.2 Å². The summed E-state index contributed by atoms with van der Waals surface area (Å²) in [6.45, 7) is 6.20. The zero-order valence-corrected chi connectivity index (χ0v) is 9.95. The van der Waals surface area contributed by atoms with Gasteiger partial charge in [-0.25, -0.2) is 0 Å². The van der Waals surface area contributed by atoms with Gasteiger partial charge in [0.05, 0.1) is 13.2 Å². The van der Waals surface area contributed by atoms with Crippen LogP contribution in [0.25, 0.3) is 0 Å². The van der Waals surface area contributed by atoms with Crippen molar-refractivity contribution in [1.82, 2.24) is 0 Å². The molecule has 2 N–H and O–H groups in total. The fourth-order valence-electron chi connectivity index (χ4n) is 2.01.